The topological polar surface area (TPSA) is 75.7 Å². The average Bonchev–Trinajstić information content (AvgIpc) is 3.11. The van der Waals surface area contributed by atoms with Crippen LogP contribution in [0, 0.1) is 26.7 Å². The smallest absolute Gasteiger partial charge is 0.311 e. The first-order valence-corrected chi connectivity index (χ1v) is 11.1. The maximum atomic E-state index is 12.5. The Labute approximate surface area is 191 Å². The van der Waals surface area contributed by atoms with Crippen LogP contribution >= 0.6 is 15.9 Å². The van der Waals surface area contributed by atoms with Gasteiger partial charge in [-0.05, 0) is 73.7 Å². The van der Waals surface area contributed by atoms with Crippen molar-refractivity contribution in [3.8, 4) is 0 Å². The van der Waals surface area contributed by atoms with Gasteiger partial charge in [0.2, 0.25) is 5.91 Å². The Morgan fingerprint density at radius 3 is 2.55 bits per heavy atom. The Kier molecular flexibility index (Phi) is 7.15. The molecule has 0 radical (unpaired) electrons. The summed E-state index contributed by atoms with van der Waals surface area (Å²) in [6.07, 6.45) is 0.841. The number of hydrogen-bond acceptors (Lipinski definition) is 4. The van der Waals surface area contributed by atoms with Crippen LogP contribution in [0.1, 0.15) is 35.6 Å². The van der Waals surface area contributed by atoms with Crippen LogP contribution in [-0.4, -0.2) is 30.9 Å². The lowest BCUT2D eigenvalue weighted by atomic mass is 10.1. The van der Waals surface area contributed by atoms with Gasteiger partial charge < -0.3 is 15.0 Å². The number of hydrogen-bond donors (Lipinski definition) is 1. The third-order valence-corrected chi connectivity index (χ3v) is 6.09. The minimum Gasteiger partial charge on any atom is -0.455 e. The second-order valence-corrected chi connectivity index (χ2v) is 8.86. The first-order chi connectivity index (χ1) is 14.7. The molecule has 1 heterocycles. The minimum absolute atomic E-state index is 0.0825. The van der Waals surface area contributed by atoms with Crippen LogP contribution in [0.15, 0.2) is 34.8 Å². The van der Waals surface area contributed by atoms with Crippen molar-refractivity contribution in [2.24, 2.45) is 5.92 Å². The summed E-state index contributed by atoms with van der Waals surface area (Å²) >= 11 is 3.46. The van der Waals surface area contributed by atoms with E-state index in [2.05, 4.69) is 21.2 Å². The number of halogens is 1. The quantitative estimate of drug-likeness (QED) is 0.611. The number of benzene rings is 2. The van der Waals surface area contributed by atoms with E-state index in [1.807, 2.05) is 58.0 Å². The van der Waals surface area contributed by atoms with E-state index in [9.17, 15) is 14.4 Å². The molecule has 0 spiro atoms. The largest absolute Gasteiger partial charge is 0.455 e. The first-order valence-electron chi connectivity index (χ1n) is 10.3. The van der Waals surface area contributed by atoms with Crippen molar-refractivity contribution >= 4 is 45.1 Å². The predicted molar refractivity (Wildman–Crippen MR) is 124 cm³/mol. The van der Waals surface area contributed by atoms with Gasteiger partial charge in [0.25, 0.3) is 5.91 Å². The molecule has 0 saturated carbocycles. The van der Waals surface area contributed by atoms with Crippen LogP contribution in [0.4, 0.5) is 11.4 Å². The molecule has 2 aromatic carbocycles. The van der Waals surface area contributed by atoms with Crippen molar-refractivity contribution in [1.29, 1.82) is 0 Å². The number of nitrogens with zero attached hydrogens (tertiary/aromatic N) is 1. The molecule has 1 atom stereocenters. The predicted octanol–water partition coefficient (Wildman–Crippen LogP) is 4.47. The van der Waals surface area contributed by atoms with Gasteiger partial charge in [-0.2, -0.15) is 0 Å². The van der Waals surface area contributed by atoms with Gasteiger partial charge in [-0.3, -0.25) is 14.4 Å². The molecule has 2 aromatic rings. The fourth-order valence-corrected chi connectivity index (χ4v) is 4.33. The molecule has 0 aliphatic carbocycles. The molecule has 164 valence electrons. The molecule has 7 heteroatoms. The lowest BCUT2D eigenvalue weighted by Crippen LogP contribution is -2.28. The van der Waals surface area contributed by atoms with Crippen LogP contribution in [0.5, 0.6) is 0 Å². The van der Waals surface area contributed by atoms with E-state index >= 15 is 0 Å². The second-order valence-electron chi connectivity index (χ2n) is 7.94. The maximum Gasteiger partial charge on any atom is 0.311 e. The molecular formula is C24H27BrN2O4. The monoisotopic (exact) mass is 486 g/mol. The van der Waals surface area contributed by atoms with Gasteiger partial charge in [0.1, 0.15) is 0 Å². The van der Waals surface area contributed by atoms with E-state index in [1.165, 1.54) is 0 Å². The van der Waals surface area contributed by atoms with Gasteiger partial charge in [-0.15, -0.1) is 0 Å². The number of carbonyl (C=O) groups is 3. The van der Waals surface area contributed by atoms with Crippen LogP contribution in [-0.2, 0) is 25.5 Å². The molecule has 0 bridgehead atoms. The van der Waals surface area contributed by atoms with E-state index in [1.54, 1.807) is 4.90 Å². The van der Waals surface area contributed by atoms with Crippen LogP contribution < -0.4 is 10.2 Å². The summed E-state index contributed by atoms with van der Waals surface area (Å²) in [6, 6.07) is 9.67. The zero-order valence-electron chi connectivity index (χ0n) is 18.3. The van der Waals surface area contributed by atoms with Gasteiger partial charge in [0.15, 0.2) is 6.61 Å². The third kappa shape index (κ3) is 5.34. The van der Waals surface area contributed by atoms with Crippen molar-refractivity contribution in [2.75, 3.05) is 23.4 Å². The number of carbonyl (C=O) groups excluding carboxylic acids is 3. The first kappa shape index (κ1) is 23.0. The standard InChI is InChI=1S/C24H27BrN2O4/c1-5-17-10-19(25)8-16(4)23(17)26-21(28)13-31-24(30)18-11-22(29)27(12-18)20-7-6-14(2)15(3)9-20/h6-10,18H,5,11-13H2,1-4H3,(H,26,28)/t18-/m0/s1. The molecule has 1 aliphatic rings. The van der Waals surface area contributed by atoms with Crippen molar-refractivity contribution in [1.82, 2.24) is 0 Å². The van der Waals surface area contributed by atoms with E-state index in [0.717, 1.165) is 44.5 Å². The molecule has 1 saturated heterocycles. The molecule has 2 amide bonds. The third-order valence-electron chi connectivity index (χ3n) is 5.63. The van der Waals surface area contributed by atoms with Crippen LogP contribution in [0.2, 0.25) is 0 Å². The van der Waals surface area contributed by atoms with Crippen molar-refractivity contribution in [2.45, 2.75) is 40.5 Å². The molecule has 6 nitrogen and oxygen atoms in total. The molecule has 0 unspecified atom stereocenters. The zero-order chi connectivity index (χ0) is 22.7. The van der Waals surface area contributed by atoms with Gasteiger partial charge >= 0.3 is 5.97 Å². The second kappa shape index (κ2) is 9.64. The average molecular weight is 487 g/mol. The molecule has 1 fully saturated rings. The highest BCUT2D eigenvalue weighted by Crippen LogP contribution is 2.28. The summed E-state index contributed by atoms with van der Waals surface area (Å²) in [6.45, 7) is 7.79. The summed E-state index contributed by atoms with van der Waals surface area (Å²) in [7, 11) is 0. The van der Waals surface area contributed by atoms with E-state index < -0.39 is 17.8 Å². The van der Waals surface area contributed by atoms with E-state index in [-0.39, 0.29) is 25.5 Å². The van der Waals surface area contributed by atoms with Crippen LogP contribution in [0.25, 0.3) is 0 Å². The number of ether oxygens (including phenoxy) is 1. The zero-order valence-corrected chi connectivity index (χ0v) is 19.8. The Morgan fingerprint density at radius 1 is 1.13 bits per heavy atom. The van der Waals surface area contributed by atoms with Crippen LogP contribution in [0.3, 0.4) is 0 Å². The van der Waals surface area contributed by atoms with Crippen molar-refractivity contribution < 1.29 is 19.1 Å². The molecular weight excluding hydrogens is 460 g/mol. The highest BCUT2D eigenvalue weighted by atomic mass is 79.9. The normalized spacial score (nSPS) is 15.8. The van der Waals surface area contributed by atoms with Gasteiger partial charge in [-0.25, -0.2) is 0 Å². The maximum absolute atomic E-state index is 12.5. The number of aryl methyl sites for hydroxylation is 4. The fourth-order valence-electron chi connectivity index (χ4n) is 3.71. The Hall–Kier alpha value is -2.67. The Bertz CT molecular complexity index is 1030. The number of amides is 2. The Morgan fingerprint density at radius 2 is 1.87 bits per heavy atom. The summed E-state index contributed by atoms with van der Waals surface area (Å²) in [5, 5.41) is 2.84. The summed E-state index contributed by atoms with van der Waals surface area (Å²) < 4.78 is 6.18. The molecule has 0 aromatic heterocycles. The summed E-state index contributed by atoms with van der Waals surface area (Å²) in [5.41, 5.74) is 5.67. The number of esters is 1. The van der Waals surface area contributed by atoms with Gasteiger partial charge in [0, 0.05) is 28.8 Å². The van der Waals surface area contributed by atoms with Crippen molar-refractivity contribution in [3.63, 3.8) is 0 Å². The molecule has 3 rings (SSSR count). The van der Waals surface area contributed by atoms with E-state index in [0.29, 0.717) is 0 Å². The summed E-state index contributed by atoms with van der Waals surface area (Å²) in [4.78, 5) is 38.9. The van der Waals surface area contributed by atoms with Crippen molar-refractivity contribution in [3.05, 3.63) is 57.1 Å². The highest BCUT2D eigenvalue weighted by molar-refractivity contribution is 9.10. The van der Waals surface area contributed by atoms with Gasteiger partial charge in [0.05, 0.1) is 5.92 Å². The number of anilines is 2. The molecule has 31 heavy (non-hydrogen) atoms. The highest BCUT2D eigenvalue weighted by Gasteiger charge is 2.36. The SMILES string of the molecule is CCc1cc(Br)cc(C)c1NC(=O)COC(=O)[C@H]1CC(=O)N(c2ccc(C)c(C)c2)C1. The molecule has 1 aliphatic heterocycles. The molecule has 1 N–H and O–H groups in total. The van der Waals surface area contributed by atoms with Gasteiger partial charge in [-0.1, -0.05) is 28.9 Å². The lowest BCUT2D eigenvalue weighted by molar-refractivity contribution is -0.151. The number of nitrogens with one attached hydrogen (secondary N) is 1. The lowest BCUT2D eigenvalue weighted by Gasteiger charge is -2.18. The fraction of sp³-hybridized carbons (Fsp3) is 0.375. The summed E-state index contributed by atoms with van der Waals surface area (Å²) in [5.74, 6) is -1.63. The number of rotatable bonds is 6. The minimum atomic E-state index is -0.581. The van der Waals surface area contributed by atoms with E-state index in [4.69, 9.17) is 4.74 Å². The Balaban J connectivity index is 1.58.